The third kappa shape index (κ3) is 18.2. The normalized spacial score (nSPS) is 6.38. The van der Waals surface area contributed by atoms with Crippen LogP contribution in [0.1, 0.15) is 0 Å². The maximum atomic E-state index is 11.0. The first-order chi connectivity index (χ1) is 3.91. The average molecular weight is 124 g/mol. The number of hydrogen-bond acceptors (Lipinski definition) is 1. The summed E-state index contributed by atoms with van der Waals surface area (Å²) in [6.07, 6.45) is 1.22. The van der Waals surface area contributed by atoms with Crippen LogP contribution in [-0.4, -0.2) is 20.5 Å². The van der Waals surface area contributed by atoms with Crippen molar-refractivity contribution in [3.05, 3.63) is 12.8 Å². The second kappa shape index (κ2) is 16.1. The van der Waals surface area contributed by atoms with Gasteiger partial charge in [-0.25, -0.2) is 4.39 Å². The molecule has 0 N–H and O–H groups in total. The molecule has 0 radical (unpaired) electrons. The molecule has 0 aliphatic carbocycles. The van der Waals surface area contributed by atoms with E-state index in [0.717, 1.165) is 0 Å². The minimum atomic E-state index is -0.438. The Hall–Kier alpha value is -0.600. The first-order valence-corrected chi connectivity index (χ1v) is 2.08. The van der Waals surface area contributed by atoms with Gasteiger partial charge in [-0.3, -0.25) is 4.39 Å². The molecular formula is C5H10F2O. The lowest BCUT2D eigenvalue weighted by Gasteiger charge is -1.88. The molecule has 0 atom stereocenters. The Kier molecular flexibility index (Phi) is 21.0. The van der Waals surface area contributed by atoms with Gasteiger partial charge in [-0.15, -0.1) is 0 Å². The van der Waals surface area contributed by atoms with Crippen LogP contribution in [0, 0.1) is 0 Å². The Labute approximate surface area is 48.0 Å². The number of ether oxygens (including phenoxy) is 1. The van der Waals surface area contributed by atoms with E-state index in [1.165, 1.54) is 6.26 Å². The summed E-state index contributed by atoms with van der Waals surface area (Å²) in [5.41, 5.74) is 0. The van der Waals surface area contributed by atoms with Gasteiger partial charge in [0.1, 0.15) is 13.3 Å². The van der Waals surface area contributed by atoms with Crippen molar-refractivity contribution in [3.63, 3.8) is 0 Å². The number of alkyl halides is 2. The Bertz CT molecular complexity index is 39.4. The Morgan fingerprint density at radius 2 is 2.12 bits per heavy atom. The largest absolute Gasteiger partial charge is 0.499 e. The summed E-state index contributed by atoms with van der Waals surface area (Å²) in [6, 6.07) is 0. The van der Waals surface area contributed by atoms with E-state index in [0.29, 0.717) is 7.18 Å². The highest BCUT2D eigenvalue weighted by Gasteiger charge is 1.72. The highest BCUT2D eigenvalue weighted by molar-refractivity contribution is 4.46. The molecule has 8 heavy (non-hydrogen) atoms. The molecule has 0 aromatic carbocycles. The van der Waals surface area contributed by atoms with Gasteiger partial charge < -0.3 is 4.74 Å². The lowest BCUT2D eigenvalue weighted by molar-refractivity contribution is 0.219. The number of hydrogen-bond donors (Lipinski definition) is 0. The lowest BCUT2D eigenvalue weighted by atomic mass is 10.8. The summed E-state index contributed by atoms with van der Waals surface area (Å²) < 4.78 is 24.9. The molecule has 0 aliphatic rings. The van der Waals surface area contributed by atoms with E-state index in [-0.39, 0.29) is 6.61 Å². The topological polar surface area (TPSA) is 9.23 Å². The summed E-state index contributed by atoms with van der Waals surface area (Å²) >= 11 is 0. The molecule has 0 saturated carbocycles. The molecule has 0 rings (SSSR count). The second-order valence-electron chi connectivity index (χ2n) is 0.726. The first-order valence-electron chi connectivity index (χ1n) is 2.08. The molecule has 50 valence electrons. The van der Waals surface area contributed by atoms with E-state index >= 15 is 0 Å². The van der Waals surface area contributed by atoms with E-state index in [2.05, 4.69) is 11.3 Å². The predicted octanol–water partition coefficient (Wildman–Crippen LogP) is 1.70. The van der Waals surface area contributed by atoms with Crippen LogP contribution in [0.5, 0.6) is 0 Å². The fraction of sp³-hybridized carbons (Fsp3) is 0.600. The third-order valence-electron chi connectivity index (χ3n) is 0.313. The van der Waals surface area contributed by atoms with E-state index in [1.54, 1.807) is 0 Å². The molecule has 3 heteroatoms. The van der Waals surface area contributed by atoms with Gasteiger partial charge in [0.05, 0.1) is 13.4 Å². The minimum absolute atomic E-state index is 0.128. The Balaban J connectivity index is 0. The summed E-state index contributed by atoms with van der Waals surface area (Å²) in [5, 5.41) is 0. The molecule has 0 spiro atoms. The van der Waals surface area contributed by atoms with Gasteiger partial charge in [0.15, 0.2) is 0 Å². The molecule has 0 heterocycles. The lowest BCUT2D eigenvalue weighted by Crippen LogP contribution is -1.85. The van der Waals surface area contributed by atoms with Crippen molar-refractivity contribution in [2.75, 3.05) is 20.5 Å². The Morgan fingerprint density at radius 3 is 2.25 bits per heavy atom. The summed E-state index contributed by atoms with van der Waals surface area (Å²) in [6.45, 7) is 2.90. The second-order valence-corrected chi connectivity index (χ2v) is 0.726. The van der Waals surface area contributed by atoms with Crippen LogP contribution in [0.3, 0.4) is 0 Å². The molecule has 0 fully saturated rings. The van der Waals surface area contributed by atoms with Crippen molar-refractivity contribution >= 4 is 0 Å². The van der Waals surface area contributed by atoms with Gasteiger partial charge >= 0.3 is 0 Å². The Morgan fingerprint density at radius 1 is 1.62 bits per heavy atom. The van der Waals surface area contributed by atoms with Crippen LogP contribution >= 0.6 is 0 Å². The summed E-state index contributed by atoms with van der Waals surface area (Å²) in [7, 11) is 0.500. The zero-order chi connectivity index (χ0) is 6.83. The monoisotopic (exact) mass is 124 g/mol. The summed E-state index contributed by atoms with van der Waals surface area (Å²) in [5.74, 6) is 0. The quantitative estimate of drug-likeness (QED) is 0.411. The fourth-order valence-electron chi connectivity index (χ4n) is 0.128. The molecule has 0 saturated heterocycles. The van der Waals surface area contributed by atoms with Gasteiger partial charge in [0, 0.05) is 0 Å². The predicted molar refractivity (Wildman–Crippen MR) is 29.2 cm³/mol. The SMILES string of the molecule is C=COCCF.CF. The highest BCUT2D eigenvalue weighted by atomic mass is 19.1. The van der Waals surface area contributed by atoms with Crippen LogP contribution < -0.4 is 0 Å². The molecule has 0 aromatic heterocycles. The molecule has 1 nitrogen and oxygen atoms in total. The van der Waals surface area contributed by atoms with Crippen molar-refractivity contribution in [3.8, 4) is 0 Å². The van der Waals surface area contributed by atoms with Crippen LogP contribution in [-0.2, 0) is 4.74 Å². The fourth-order valence-corrected chi connectivity index (χ4v) is 0.128. The summed E-state index contributed by atoms with van der Waals surface area (Å²) in [4.78, 5) is 0. The van der Waals surface area contributed by atoms with Crippen LogP contribution in [0.2, 0.25) is 0 Å². The molecule has 0 unspecified atom stereocenters. The van der Waals surface area contributed by atoms with Gasteiger partial charge in [-0.1, -0.05) is 6.58 Å². The highest BCUT2D eigenvalue weighted by Crippen LogP contribution is 1.71. The van der Waals surface area contributed by atoms with Crippen molar-refractivity contribution in [2.24, 2.45) is 0 Å². The maximum absolute atomic E-state index is 11.0. The van der Waals surface area contributed by atoms with Crippen LogP contribution in [0.4, 0.5) is 8.78 Å². The van der Waals surface area contributed by atoms with Crippen molar-refractivity contribution in [2.45, 2.75) is 0 Å². The number of rotatable bonds is 3. The maximum Gasteiger partial charge on any atom is 0.123 e. The molecule has 0 aliphatic heterocycles. The van der Waals surface area contributed by atoms with Crippen LogP contribution in [0.15, 0.2) is 12.8 Å². The van der Waals surface area contributed by atoms with E-state index in [1.807, 2.05) is 0 Å². The van der Waals surface area contributed by atoms with Crippen LogP contribution in [0.25, 0.3) is 0 Å². The molecule has 0 aromatic rings. The third-order valence-corrected chi connectivity index (χ3v) is 0.313. The van der Waals surface area contributed by atoms with Crippen molar-refractivity contribution in [1.29, 1.82) is 0 Å². The first kappa shape index (κ1) is 10.4. The van der Waals surface area contributed by atoms with Gasteiger partial charge in [-0.05, 0) is 0 Å². The van der Waals surface area contributed by atoms with E-state index in [4.69, 9.17) is 0 Å². The zero-order valence-corrected chi connectivity index (χ0v) is 4.86. The van der Waals surface area contributed by atoms with Crippen molar-refractivity contribution in [1.82, 2.24) is 0 Å². The van der Waals surface area contributed by atoms with Crippen molar-refractivity contribution < 1.29 is 13.5 Å². The standard InChI is InChI=1S/C4H7FO.CH3F/c1-2-6-4-3-5;1-2/h2H,1,3-4H2;1H3. The number of halogens is 2. The average Bonchev–Trinajstić information content (AvgIpc) is 1.88. The molecular weight excluding hydrogens is 114 g/mol. The van der Waals surface area contributed by atoms with E-state index < -0.39 is 6.67 Å². The van der Waals surface area contributed by atoms with Gasteiger partial charge in [0.2, 0.25) is 0 Å². The van der Waals surface area contributed by atoms with E-state index in [9.17, 15) is 8.78 Å². The van der Waals surface area contributed by atoms with Gasteiger partial charge in [-0.2, -0.15) is 0 Å². The molecule has 0 bridgehead atoms. The molecule has 0 amide bonds. The zero-order valence-electron chi connectivity index (χ0n) is 4.86. The smallest absolute Gasteiger partial charge is 0.123 e. The van der Waals surface area contributed by atoms with Gasteiger partial charge in [0.25, 0.3) is 0 Å². The minimum Gasteiger partial charge on any atom is -0.499 e.